The predicted octanol–water partition coefficient (Wildman–Crippen LogP) is 2.91. The third kappa shape index (κ3) is 4.31. The van der Waals surface area contributed by atoms with Gasteiger partial charge in [0.15, 0.2) is 0 Å². The van der Waals surface area contributed by atoms with Gasteiger partial charge in [0.2, 0.25) is 11.8 Å². The second-order valence-electron chi connectivity index (χ2n) is 6.75. The van der Waals surface area contributed by atoms with Gasteiger partial charge >= 0.3 is 0 Å². The molecule has 0 saturated carbocycles. The molecule has 0 bridgehead atoms. The van der Waals surface area contributed by atoms with Gasteiger partial charge in [0, 0.05) is 10.7 Å². The summed E-state index contributed by atoms with van der Waals surface area (Å²) in [5.41, 5.74) is 2.84. The first-order chi connectivity index (χ1) is 13.0. The van der Waals surface area contributed by atoms with E-state index in [1.165, 1.54) is 0 Å². The molecule has 0 fully saturated rings. The number of aryl methyl sites for hydroxylation is 1. The monoisotopic (exact) mass is 385 g/mol. The van der Waals surface area contributed by atoms with Crippen LogP contribution in [-0.2, 0) is 22.6 Å². The number of amides is 2. The second kappa shape index (κ2) is 8.55. The Morgan fingerprint density at radius 3 is 2.67 bits per heavy atom. The van der Waals surface area contributed by atoms with Crippen molar-refractivity contribution in [2.75, 3.05) is 11.9 Å². The molecule has 0 aliphatic carbocycles. The molecule has 27 heavy (non-hydrogen) atoms. The smallest absolute Gasteiger partial charge is 0.249 e. The van der Waals surface area contributed by atoms with E-state index in [4.69, 9.17) is 11.6 Å². The molecule has 142 valence electrons. The fourth-order valence-corrected chi connectivity index (χ4v) is 3.43. The number of fused-ring (bicyclic) bond motifs is 1. The molecule has 6 heteroatoms. The van der Waals surface area contributed by atoms with E-state index in [1.807, 2.05) is 48.5 Å². The zero-order chi connectivity index (χ0) is 19.4. The average Bonchev–Trinajstić information content (AvgIpc) is 2.81. The van der Waals surface area contributed by atoms with Gasteiger partial charge in [-0.15, -0.1) is 0 Å². The number of hydrogen-bond donors (Lipinski definition) is 2. The van der Waals surface area contributed by atoms with Crippen LogP contribution in [0.5, 0.6) is 0 Å². The Morgan fingerprint density at radius 1 is 1.22 bits per heavy atom. The molecule has 1 unspecified atom stereocenters. The number of rotatable bonds is 5. The van der Waals surface area contributed by atoms with Gasteiger partial charge in [-0.2, -0.15) is 0 Å². The van der Waals surface area contributed by atoms with Gasteiger partial charge in [0.05, 0.1) is 12.6 Å². The van der Waals surface area contributed by atoms with Gasteiger partial charge < -0.3 is 15.5 Å². The summed E-state index contributed by atoms with van der Waals surface area (Å²) in [7, 11) is 1.72. The molecule has 2 amide bonds. The third-order valence-electron chi connectivity index (χ3n) is 4.98. The minimum atomic E-state index is -0.566. The first-order valence-corrected chi connectivity index (χ1v) is 9.49. The molecule has 2 atom stereocenters. The number of carbonyl (C=O) groups is 2. The summed E-state index contributed by atoms with van der Waals surface area (Å²) >= 11 is 6.32. The van der Waals surface area contributed by atoms with Crippen LogP contribution in [-0.4, -0.2) is 30.9 Å². The molecule has 2 N–H and O–H groups in total. The highest BCUT2D eigenvalue weighted by atomic mass is 35.5. The minimum Gasteiger partial charge on any atom is -0.343 e. The summed E-state index contributed by atoms with van der Waals surface area (Å²) in [6, 6.07) is 14.5. The molecule has 1 aliphatic rings. The number of nitrogens with zero attached hydrogens (tertiary/aromatic N) is 1. The van der Waals surface area contributed by atoms with Gasteiger partial charge in [0.25, 0.3) is 0 Å². The van der Waals surface area contributed by atoms with E-state index in [-0.39, 0.29) is 17.9 Å². The maximum Gasteiger partial charge on any atom is 0.249 e. The van der Waals surface area contributed by atoms with E-state index in [0.717, 1.165) is 23.2 Å². The molecule has 1 aliphatic heterocycles. The number of benzene rings is 2. The molecule has 3 rings (SSSR count). The Kier molecular flexibility index (Phi) is 6.14. The van der Waals surface area contributed by atoms with Crippen molar-refractivity contribution in [1.29, 1.82) is 0 Å². The lowest BCUT2D eigenvalue weighted by molar-refractivity contribution is -0.128. The van der Waals surface area contributed by atoms with Gasteiger partial charge in [-0.3, -0.25) is 9.59 Å². The molecule has 2 aromatic carbocycles. The fourth-order valence-electron chi connectivity index (χ4n) is 3.24. The van der Waals surface area contributed by atoms with E-state index in [0.29, 0.717) is 18.0 Å². The second-order valence-corrected chi connectivity index (χ2v) is 7.16. The van der Waals surface area contributed by atoms with E-state index in [9.17, 15) is 9.59 Å². The largest absolute Gasteiger partial charge is 0.343 e. The molecule has 1 heterocycles. The number of para-hydroxylation sites is 1. The van der Waals surface area contributed by atoms with Crippen LogP contribution in [0.15, 0.2) is 48.5 Å². The molecule has 0 radical (unpaired) electrons. The molecular formula is C21H24ClN3O2. The maximum atomic E-state index is 13.3. The zero-order valence-electron chi connectivity index (χ0n) is 15.5. The molecule has 0 aromatic heterocycles. The normalized spacial score (nSPS) is 17.8. The van der Waals surface area contributed by atoms with Crippen LogP contribution in [0, 0.1) is 0 Å². The van der Waals surface area contributed by atoms with Crippen molar-refractivity contribution in [2.45, 2.75) is 38.4 Å². The maximum absolute atomic E-state index is 13.3. The topological polar surface area (TPSA) is 61.4 Å². The average molecular weight is 386 g/mol. The lowest BCUT2D eigenvalue weighted by Crippen LogP contribution is -2.52. The van der Waals surface area contributed by atoms with Crippen LogP contribution in [0.25, 0.3) is 0 Å². The van der Waals surface area contributed by atoms with Crippen LogP contribution in [0.4, 0.5) is 5.69 Å². The third-order valence-corrected chi connectivity index (χ3v) is 5.35. The predicted molar refractivity (Wildman–Crippen MR) is 108 cm³/mol. The Morgan fingerprint density at radius 2 is 1.93 bits per heavy atom. The molecule has 2 aromatic rings. The van der Waals surface area contributed by atoms with Crippen molar-refractivity contribution in [3.8, 4) is 0 Å². The molecule has 5 nitrogen and oxygen atoms in total. The summed E-state index contributed by atoms with van der Waals surface area (Å²) in [6.07, 6.45) is 1.29. The first kappa shape index (κ1) is 19.4. The summed E-state index contributed by atoms with van der Waals surface area (Å²) < 4.78 is 0. The van der Waals surface area contributed by atoms with Crippen molar-refractivity contribution in [1.82, 2.24) is 10.6 Å². The van der Waals surface area contributed by atoms with Crippen molar-refractivity contribution >= 4 is 29.1 Å². The molecular weight excluding hydrogens is 362 g/mol. The quantitative estimate of drug-likeness (QED) is 0.831. The van der Waals surface area contributed by atoms with Gasteiger partial charge in [0.1, 0.15) is 6.04 Å². The highest BCUT2D eigenvalue weighted by Gasteiger charge is 2.32. The lowest BCUT2D eigenvalue weighted by Gasteiger charge is -2.27. The number of likely N-dealkylation sites (N-methyl/N-ethyl adjacent to an activating group) is 1. The highest BCUT2D eigenvalue weighted by molar-refractivity contribution is 6.31. The van der Waals surface area contributed by atoms with Crippen LogP contribution < -0.4 is 15.5 Å². The molecule has 0 saturated heterocycles. The van der Waals surface area contributed by atoms with Crippen LogP contribution in [0.1, 0.15) is 24.5 Å². The Bertz CT molecular complexity index is 840. The fraction of sp³-hybridized carbons (Fsp3) is 0.333. The van der Waals surface area contributed by atoms with Crippen LogP contribution >= 0.6 is 11.6 Å². The minimum absolute atomic E-state index is 0.114. The van der Waals surface area contributed by atoms with Gasteiger partial charge in [-0.25, -0.2) is 0 Å². The summed E-state index contributed by atoms with van der Waals surface area (Å²) in [5.74, 6) is -0.295. The summed E-state index contributed by atoms with van der Waals surface area (Å²) in [5, 5.41) is 6.43. The van der Waals surface area contributed by atoms with Gasteiger partial charge in [-0.1, -0.05) is 48.0 Å². The number of nitrogens with one attached hydrogen (secondary N) is 2. The number of halogens is 1. The number of hydrogen-bond acceptors (Lipinski definition) is 3. The Hall–Kier alpha value is -2.37. The Labute approximate surface area is 164 Å². The van der Waals surface area contributed by atoms with E-state index in [1.54, 1.807) is 18.9 Å². The van der Waals surface area contributed by atoms with Crippen molar-refractivity contribution < 1.29 is 9.59 Å². The standard InChI is InChI=1S/C21H24ClN3O2/c1-14(23-2)20(26)24-18-12-11-15-7-4-6-10-19(15)25(21(18)27)13-16-8-3-5-9-17(16)22/h3-10,14,18,23H,11-13H2,1-2H3,(H,24,26)/t14?,18-/m0/s1. The van der Waals surface area contributed by atoms with Crippen molar-refractivity contribution in [2.24, 2.45) is 0 Å². The van der Waals surface area contributed by atoms with E-state index >= 15 is 0 Å². The molecule has 0 spiro atoms. The summed E-state index contributed by atoms with van der Waals surface area (Å²) in [4.78, 5) is 27.4. The zero-order valence-corrected chi connectivity index (χ0v) is 16.3. The lowest BCUT2D eigenvalue weighted by atomic mass is 10.1. The number of anilines is 1. The number of carbonyl (C=O) groups excluding carboxylic acids is 2. The van der Waals surface area contributed by atoms with Gasteiger partial charge in [-0.05, 0) is 50.1 Å². The van der Waals surface area contributed by atoms with Crippen molar-refractivity contribution in [3.05, 3.63) is 64.7 Å². The summed E-state index contributed by atoms with van der Waals surface area (Å²) in [6.45, 7) is 2.14. The highest BCUT2D eigenvalue weighted by Crippen LogP contribution is 2.30. The van der Waals surface area contributed by atoms with Crippen molar-refractivity contribution in [3.63, 3.8) is 0 Å². The van der Waals surface area contributed by atoms with Crippen LogP contribution in [0.3, 0.4) is 0 Å². The SMILES string of the molecule is CNC(C)C(=O)N[C@H]1CCc2ccccc2N(Cc2ccccc2Cl)C1=O. The van der Waals surface area contributed by atoms with E-state index in [2.05, 4.69) is 10.6 Å². The van der Waals surface area contributed by atoms with E-state index < -0.39 is 6.04 Å². The first-order valence-electron chi connectivity index (χ1n) is 9.11. The van der Waals surface area contributed by atoms with Crippen LogP contribution in [0.2, 0.25) is 5.02 Å². The Balaban J connectivity index is 1.92.